The number of ether oxygens (including phenoxy) is 1. The lowest BCUT2D eigenvalue weighted by Gasteiger charge is -2.30. The number of hydrazine groups is 1. The van der Waals surface area contributed by atoms with Gasteiger partial charge >= 0.3 is 5.97 Å². The number of esters is 1. The minimum atomic E-state index is -0.972. The van der Waals surface area contributed by atoms with E-state index in [9.17, 15) is 29.3 Å². The van der Waals surface area contributed by atoms with Gasteiger partial charge in [0.25, 0.3) is 11.6 Å². The highest BCUT2D eigenvalue weighted by Crippen LogP contribution is 2.27. The molecule has 3 rings (SSSR count). The van der Waals surface area contributed by atoms with Crippen LogP contribution in [0, 0.1) is 22.0 Å². The average Bonchev–Trinajstić information content (AvgIpc) is 3.51. The molecule has 1 unspecified atom stereocenters. The molecule has 0 radical (unpaired) electrons. The molecule has 1 aliphatic heterocycles. The van der Waals surface area contributed by atoms with Crippen LogP contribution in [0.1, 0.15) is 64.7 Å². The molecule has 1 saturated heterocycles. The second-order valence-electron chi connectivity index (χ2n) is 11.4. The van der Waals surface area contributed by atoms with Crippen molar-refractivity contribution in [3.63, 3.8) is 0 Å². The third-order valence-corrected chi connectivity index (χ3v) is 7.86. The fraction of sp³-hybridized carbons (Fsp3) is 0.600. The van der Waals surface area contributed by atoms with Crippen LogP contribution in [0.4, 0.5) is 11.4 Å². The summed E-state index contributed by atoms with van der Waals surface area (Å²) in [5.41, 5.74) is 2.27. The number of benzene rings is 1. The molecule has 0 bridgehead atoms. The Labute approximate surface area is 252 Å². The standard InChI is InChI=1S/C30H44N6O7/c1-21(2)43-27(37)20-35(25-13-6-7-14-26(25)36(41)42)33-30(40)24(32-29(39)23-15-18-34(3)19-16-23)12-8-9-17-31-28(38)22-10-4-5-11-22/h6-7,13-14,22-24H,1,4-5,8-12,15-20H2,2-3H3,(H,31,38)(H,32,39)(H,33,40). The normalized spacial score (nSPS) is 16.6. The van der Waals surface area contributed by atoms with E-state index in [1.807, 2.05) is 7.05 Å². The maximum absolute atomic E-state index is 13.6. The Bertz CT molecular complexity index is 1160. The van der Waals surface area contributed by atoms with E-state index in [0.717, 1.165) is 43.8 Å². The number of carbonyl (C=O) groups is 4. The van der Waals surface area contributed by atoms with E-state index in [1.54, 1.807) is 6.07 Å². The summed E-state index contributed by atoms with van der Waals surface area (Å²) in [6.45, 7) is 6.49. The molecule has 0 spiro atoms. The third kappa shape index (κ3) is 10.7. The summed E-state index contributed by atoms with van der Waals surface area (Å²) in [5, 5.41) is 18.6. The van der Waals surface area contributed by atoms with Crippen molar-refractivity contribution in [2.24, 2.45) is 11.8 Å². The number of unbranched alkanes of at least 4 members (excludes halogenated alkanes) is 1. The number of anilines is 1. The Morgan fingerprint density at radius 1 is 1.07 bits per heavy atom. The van der Waals surface area contributed by atoms with Crippen LogP contribution in [0.3, 0.4) is 0 Å². The number of para-hydroxylation sites is 2. The van der Waals surface area contributed by atoms with E-state index in [0.29, 0.717) is 32.2 Å². The molecule has 1 aromatic carbocycles. The first-order valence-corrected chi connectivity index (χ1v) is 15.0. The summed E-state index contributed by atoms with van der Waals surface area (Å²) >= 11 is 0. The molecule has 1 aliphatic carbocycles. The van der Waals surface area contributed by atoms with Crippen LogP contribution in [0.15, 0.2) is 36.6 Å². The third-order valence-electron chi connectivity index (χ3n) is 7.86. The van der Waals surface area contributed by atoms with E-state index < -0.39 is 29.4 Å². The Balaban J connectivity index is 1.72. The van der Waals surface area contributed by atoms with E-state index >= 15 is 0 Å². The van der Waals surface area contributed by atoms with Crippen LogP contribution in [-0.4, -0.2) is 72.8 Å². The SMILES string of the molecule is C=C(C)OC(=O)CN(NC(=O)C(CCCCNC(=O)C1CCCC1)NC(=O)C1CCN(C)CC1)c1ccccc1[N+](=O)[O-]. The van der Waals surface area contributed by atoms with Gasteiger partial charge < -0.3 is 20.3 Å². The predicted molar refractivity (Wildman–Crippen MR) is 160 cm³/mol. The highest BCUT2D eigenvalue weighted by Gasteiger charge is 2.30. The first-order valence-electron chi connectivity index (χ1n) is 15.0. The van der Waals surface area contributed by atoms with Crippen LogP contribution in [0.2, 0.25) is 0 Å². The van der Waals surface area contributed by atoms with E-state index in [-0.39, 0.29) is 47.2 Å². The number of hydrogen-bond acceptors (Lipinski definition) is 9. The molecule has 0 aromatic heterocycles. The molecule has 3 N–H and O–H groups in total. The van der Waals surface area contributed by atoms with Crippen molar-refractivity contribution < 1.29 is 28.8 Å². The quantitative estimate of drug-likeness (QED) is 0.0903. The molecule has 1 atom stereocenters. The van der Waals surface area contributed by atoms with E-state index in [2.05, 4.69) is 27.5 Å². The fourth-order valence-electron chi connectivity index (χ4n) is 5.44. The largest absolute Gasteiger partial charge is 0.431 e. The molecule has 1 heterocycles. The molecule has 13 heteroatoms. The van der Waals surface area contributed by atoms with Gasteiger partial charge in [-0.1, -0.05) is 31.6 Å². The second kappa shape index (κ2) is 16.6. The first-order chi connectivity index (χ1) is 20.5. The van der Waals surface area contributed by atoms with Gasteiger partial charge in [-0.2, -0.15) is 0 Å². The van der Waals surface area contributed by atoms with Gasteiger partial charge in [0.15, 0.2) is 0 Å². The van der Waals surface area contributed by atoms with Gasteiger partial charge in [-0.3, -0.25) is 34.9 Å². The maximum Gasteiger partial charge on any atom is 0.332 e. The van der Waals surface area contributed by atoms with Crippen molar-refractivity contribution in [1.29, 1.82) is 0 Å². The summed E-state index contributed by atoms with van der Waals surface area (Å²) in [6.07, 6.45) is 6.69. The number of hydrogen-bond donors (Lipinski definition) is 3. The Hall–Kier alpha value is -4.00. The summed E-state index contributed by atoms with van der Waals surface area (Å²) in [5.74, 6) is -1.63. The van der Waals surface area contributed by atoms with Crippen molar-refractivity contribution in [2.75, 3.05) is 38.2 Å². The van der Waals surface area contributed by atoms with Gasteiger partial charge in [-0.25, -0.2) is 4.79 Å². The number of piperidine rings is 1. The van der Waals surface area contributed by atoms with Crippen LogP contribution in [0.25, 0.3) is 0 Å². The number of nitro groups is 1. The molecule has 2 aliphatic rings. The number of allylic oxidation sites excluding steroid dienone is 1. The molecule has 236 valence electrons. The molecule has 1 aromatic rings. The number of nitrogens with one attached hydrogen (secondary N) is 3. The van der Waals surface area contributed by atoms with Crippen LogP contribution in [-0.2, 0) is 23.9 Å². The van der Waals surface area contributed by atoms with Crippen LogP contribution < -0.4 is 21.1 Å². The maximum atomic E-state index is 13.6. The zero-order valence-corrected chi connectivity index (χ0v) is 25.1. The van der Waals surface area contributed by atoms with Gasteiger partial charge in [0, 0.05) is 24.4 Å². The average molecular weight is 601 g/mol. The molecule has 1 saturated carbocycles. The van der Waals surface area contributed by atoms with Crippen molar-refractivity contribution in [1.82, 2.24) is 21.0 Å². The lowest BCUT2D eigenvalue weighted by molar-refractivity contribution is -0.384. The number of likely N-dealkylation sites (tertiary alicyclic amines) is 1. The lowest BCUT2D eigenvalue weighted by Crippen LogP contribution is -2.55. The zero-order chi connectivity index (χ0) is 31.4. The highest BCUT2D eigenvalue weighted by atomic mass is 16.6. The minimum absolute atomic E-state index is 0.0189. The molecule has 43 heavy (non-hydrogen) atoms. The van der Waals surface area contributed by atoms with Crippen molar-refractivity contribution >= 4 is 35.1 Å². The smallest absolute Gasteiger partial charge is 0.332 e. The summed E-state index contributed by atoms with van der Waals surface area (Å²) in [6, 6.07) is 4.72. The zero-order valence-electron chi connectivity index (χ0n) is 25.1. The van der Waals surface area contributed by atoms with Crippen LogP contribution in [0.5, 0.6) is 0 Å². The molecule has 2 fully saturated rings. The summed E-state index contributed by atoms with van der Waals surface area (Å²) < 4.78 is 5.04. The predicted octanol–water partition coefficient (Wildman–Crippen LogP) is 2.81. The lowest BCUT2D eigenvalue weighted by atomic mass is 9.95. The van der Waals surface area contributed by atoms with Crippen molar-refractivity contribution in [3.8, 4) is 0 Å². The molecular formula is C30H44N6O7. The van der Waals surface area contributed by atoms with Gasteiger partial charge in [-0.15, -0.1) is 0 Å². The number of amides is 3. The first kappa shape index (κ1) is 33.5. The molecular weight excluding hydrogens is 556 g/mol. The summed E-state index contributed by atoms with van der Waals surface area (Å²) in [7, 11) is 1.99. The minimum Gasteiger partial charge on any atom is -0.431 e. The number of nitrogens with zero attached hydrogens (tertiary/aromatic N) is 3. The Kier molecular flexibility index (Phi) is 12.9. The highest BCUT2D eigenvalue weighted by molar-refractivity contribution is 5.90. The molecule has 3 amide bonds. The van der Waals surface area contributed by atoms with Crippen LogP contribution >= 0.6 is 0 Å². The van der Waals surface area contributed by atoms with E-state index in [1.165, 1.54) is 25.1 Å². The van der Waals surface area contributed by atoms with Crippen molar-refractivity contribution in [3.05, 3.63) is 46.7 Å². The van der Waals surface area contributed by atoms with Gasteiger partial charge in [-0.05, 0) is 78.1 Å². The van der Waals surface area contributed by atoms with Gasteiger partial charge in [0.2, 0.25) is 11.8 Å². The topological polar surface area (TPSA) is 163 Å². The second-order valence-corrected chi connectivity index (χ2v) is 11.4. The van der Waals surface area contributed by atoms with E-state index in [4.69, 9.17) is 4.74 Å². The fourth-order valence-corrected chi connectivity index (χ4v) is 5.44. The number of rotatable bonds is 15. The Morgan fingerprint density at radius 3 is 2.37 bits per heavy atom. The number of carbonyl (C=O) groups excluding carboxylic acids is 4. The monoisotopic (exact) mass is 600 g/mol. The van der Waals surface area contributed by atoms with Gasteiger partial charge in [0.1, 0.15) is 18.3 Å². The Morgan fingerprint density at radius 2 is 1.72 bits per heavy atom. The van der Waals surface area contributed by atoms with Gasteiger partial charge in [0.05, 0.1) is 10.7 Å². The molecule has 13 nitrogen and oxygen atoms in total. The number of nitro benzene ring substituents is 1. The van der Waals surface area contributed by atoms with Crippen molar-refractivity contribution in [2.45, 2.75) is 70.8 Å². The summed E-state index contributed by atoms with van der Waals surface area (Å²) in [4.78, 5) is 65.0.